The first-order valence-corrected chi connectivity index (χ1v) is 5.85. The standard InChI is InChI=1S/C13H17F2NO/c1-7-5-11(15)9(6-10(7)14)13(16)12-4-3-8(2)17-12/h5-6,8,12-13H,3-4,16H2,1-2H3. The van der Waals surface area contributed by atoms with Crippen molar-refractivity contribution in [2.24, 2.45) is 5.73 Å². The van der Waals surface area contributed by atoms with Gasteiger partial charge in [0.1, 0.15) is 11.6 Å². The third-order valence-electron chi connectivity index (χ3n) is 3.30. The first kappa shape index (κ1) is 12.5. The summed E-state index contributed by atoms with van der Waals surface area (Å²) >= 11 is 0. The zero-order valence-electron chi connectivity index (χ0n) is 10.0. The van der Waals surface area contributed by atoms with E-state index in [-0.39, 0.29) is 17.8 Å². The zero-order valence-corrected chi connectivity index (χ0v) is 10.0. The molecule has 4 heteroatoms. The van der Waals surface area contributed by atoms with Gasteiger partial charge in [-0.2, -0.15) is 0 Å². The summed E-state index contributed by atoms with van der Waals surface area (Å²) in [5, 5.41) is 0. The van der Waals surface area contributed by atoms with Crippen molar-refractivity contribution in [3.63, 3.8) is 0 Å². The van der Waals surface area contributed by atoms with Gasteiger partial charge in [-0.1, -0.05) is 0 Å². The van der Waals surface area contributed by atoms with E-state index in [2.05, 4.69) is 0 Å². The molecule has 1 aromatic rings. The van der Waals surface area contributed by atoms with Crippen molar-refractivity contribution in [3.05, 3.63) is 34.9 Å². The molecule has 0 radical (unpaired) electrons. The van der Waals surface area contributed by atoms with Crippen LogP contribution in [0.1, 0.15) is 36.9 Å². The summed E-state index contributed by atoms with van der Waals surface area (Å²) < 4.78 is 32.7. The van der Waals surface area contributed by atoms with E-state index < -0.39 is 17.7 Å². The van der Waals surface area contributed by atoms with Crippen molar-refractivity contribution in [2.75, 3.05) is 0 Å². The molecular weight excluding hydrogens is 224 g/mol. The van der Waals surface area contributed by atoms with Gasteiger partial charge < -0.3 is 10.5 Å². The highest BCUT2D eigenvalue weighted by Gasteiger charge is 2.30. The maximum Gasteiger partial charge on any atom is 0.128 e. The largest absolute Gasteiger partial charge is 0.373 e. The molecule has 0 bridgehead atoms. The maximum absolute atomic E-state index is 13.7. The Morgan fingerprint density at radius 2 is 2.00 bits per heavy atom. The van der Waals surface area contributed by atoms with E-state index in [0.29, 0.717) is 5.56 Å². The lowest BCUT2D eigenvalue weighted by atomic mass is 9.98. The van der Waals surface area contributed by atoms with Crippen molar-refractivity contribution >= 4 is 0 Å². The fraction of sp³-hybridized carbons (Fsp3) is 0.538. The molecule has 0 spiro atoms. The Morgan fingerprint density at radius 1 is 1.29 bits per heavy atom. The predicted octanol–water partition coefficient (Wildman–Crippen LogP) is 2.84. The van der Waals surface area contributed by atoms with E-state index in [1.54, 1.807) is 0 Å². The Labute approximate surface area is 99.8 Å². The van der Waals surface area contributed by atoms with E-state index in [9.17, 15) is 8.78 Å². The smallest absolute Gasteiger partial charge is 0.128 e. The van der Waals surface area contributed by atoms with Crippen LogP contribution in [-0.4, -0.2) is 12.2 Å². The predicted molar refractivity (Wildman–Crippen MR) is 61.6 cm³/mol. The summed E-state index contributed by atoms with van der Waals surface area (Å²) in [5.74, 6) is -0.887. The van der Waals surface area contributed by atoms with E-state index in [1.165, 1.54) is 19.1 Å². The number of benzene rings is 1. The Balaban J connectivity index is 2.24. The lowest BCUT2D eigenvalue weighted by molar-refractivity contribution is 0.0394. The van der Waals surface area contributed by atoms with Gasteiger partial charge >= 0.3 is 0 Å². The highest BCUT2D eigenvalue weighted by atomic mass is 19.1. The van der Waals surface area contributed by atoms with Crippen molar-refractivity contribution in [3.8, 4) is 0 Å². The molecule has 94 valence electrons. The molecule has 1 heterocycles. The van der Waals surface area contributed by atoms with Crippen LogP contribution in [0.4, 0.5) is 8.78 Å². The minimum atomic E-state index is -0.602. The summed E-state index contributed by atoms with van der Waals surface area (Å²) in [6.45, 7) is 3.49. The first-order chi connectivity index (χ1) is 7.99. The number of hydrogen-bond donors (Lipinski definition) is 1. The number of halogens is 2. The molecule has 0 aliphatic carbocycles. The van der Waals surface area contributed by atoms with Gasteiger partial charge in [-0.15, -0.1) is 0 Å². The molecule has 0 aromatic heterocycles. The zero-order chi connectivity index (χ0) is 12.6. The van der Waals surface area contributed by atoms with Gasteiger partial charge in [-0.3, -0.25) is 0 Å². The second kappa shape index (κ2) is 4.70. The van der Waals surface area contributed by atoms with Crippen LogP contribution in [0.5, 0.6) is 0 Å². The molecule has 1 aromatic carbocycles. The third-order valence-corrected chi connectivity index (χ3v) is 3.30. The number of rotatable bonds is 2. The molecule has 2 rings (SSSR count). The molecule has 0 saturated carbocycles. The van der Waals surface area contributed by atoms with Crippen LogP contribution in [0.2, 0.25) is 0 Å². The van der Waals surface area contributed by atoms with E-state index in [1.807, 2.05) is 6.92 Å². The number of ether oxygens (including phenoxy) is 1. The summed E-state index contributed by atoms with van der Waals surface area (Å²) in [5.41, 5.74) is 6.44. The van der Waals surface area contributed by atoms with Crippen molar-refractivity contribution in [1.29, 1.82) is 0 Å². The molecule has 2 N–H and O–H groups in total. The summed E-state index contributed by atoms with van der Waals surface area (Å²) in [6.07, 6.45) is 1.62. The number of nitrogens with two attached hydrogens (primary N) is 1. The van der Waals surface area contributed by atoms with Crippen LogP contribution in [0, 0.1) is 18.6 Å². The van der Waals surface area contributed by atoms with Gasteiger partial charge in [0, 0.05) is 5.56 Å². The van der Waals surface area contributed by atoms with E-state index >= 15 is 0 Å². The highest BCUT2D eigenvalue weighted by molar-refractivity contribution is 5.28. The van der Waals surface area contributed by atoms with Gasteiger partial charge in [0.25, 0.3) is 0 Å². The summed E-state index contributed by atoms with van der Waals surface area (Å²) in [4.78, 5) is 0. The summed E-state index contributed by atoms with van der Waals surface area (Å²) in [6, 6.07) is 1.76. The lowest BCUT2D eigenvalue weighted by Crippen LogP contribution is -2.27. The molecule has 1 fully saturated rings. The maximum atomic E-state index is 13.7. The molecular formula is C13H17F2NO. The molecule has 1 aliphatic heterocycles. The van der Waals surface area contributed by atoms with Gasteiger partial charge in [-0.25, -0.2) is 8.78 Å². The quantitative estimate of drug-likeness (QED) is 0.864. The Morgan fingerprint density at radius 3 is 2.59 bits per heavy atom. The van der Waals surface area contributed by atoms with Crippen LogP contribution >= 0.6 is 0 Å². The first-order valence-electron chi connectivity index (χ1n) is 5.85. The second-order valence-electron chi connectivity index (χ2n) is 4.71. The van der Waals surface area contributed by atoms with Gasteiger partial charge in [0.15, 0.2) is 0 Å². The van der Waals surface area contributed by atoms with Crippen molar-refractivity contribution in [2.45, 2.75) is 44.9 Å². The Hall–Kier alpha value is -1.00. The second-order valence-corrected chi connectivity index (χ2v) is 4.71. The van der Waals surface area contributed by atoms with E-state index in [0.717, 1.165) is 12.8 Å². The molecule has 3 atom stereocenters. The topological polar surface area (TPSA) is 35.2 Å². The average molecular weight is 241 g/mol. The fourth-order valence-electron chi connectivity index (χ4n) is 2.22. The van der Waals surface area contributed by atoms with Gasteiger partial charge in [-0.05, 0) is 44.4 Å². The van der Waals surface area contributed by atoms with Crippen molar-refractivity contribution < 1.29 is 13.5 Å². The number of hydrogen-bond acceptors (Lipinski definition) is 2. The molecule has 0 amide bonds. The highest BCUT2D eigenvalue weighted by Crippen LogP contribution is 2.30. The fourth-order valence-corrected chi connectivity index (χ4v) is 2.22. The minimum absolute atomic E-state index is 0.143. The molecule has 1 saturated heterocycles. The van der Waals surface area contributed by atoms with Crippen LogP contribution in [0.15, 0.2) is 12.1 Å². The monoisotopic (exact) mass is 241 g/mol. The molecule has 3 unspecified atom stereocenters. The van der Waals surface area contributed by atoms with Crippen LogP contribution < -0.4 is 5.73 Å². The SMILES string of the molecule is Cc1cc(F)c(C(N)C2CCC(C)O2)cc1F. The van der Waals surface area contributed by atoms with Gasteiger partial charge in [0.2, 0.25) is 0 Å². The van der Waals surface area contributed by atoms with E-state index in [4.69, 9.17) is 10.5 Å². The Kier molecular flexibility index (Phi) is 3.45. The molecule has 17 heavy (non-hydrogen) atoms. The van der Waals surface area contributed by atoms with Crippen molar-refractivity contribution in [1.82, 2.24) is 0 Å². The summed E-state index contributed by atoms with van der Waals surface area (Å²) in [7, 11) is 0. The van der Waals surface area contributed by atoms with Gasteiger partial charge in [0.05, 0.1) is 18.2 Å². The lowest BCUT2D eigenvalue weighted by Gasteiger charge is -2.20. The normalized spacial score (nSPS) is 26.2. The average Bonchev–Trinajstić information content (AvgIpc) is 2.69. The number of aryl methyl sites for hydroxylation is 1. The van der Waals surface area contributed by atoms with Crippen LogP contribution in [-0.2, 0) is 4.74 Å². The molecule has 2 nitrogen and oxygen atoms in total. The Bertz CT molecular complexity index is 422. The molecule has 1 aliphatic rings. The minimum Gasteiger partial charge on any atom is -0.373 e. The van der Waals surface area contributed by atoms with Crippen LogP contribution in [0.25, 0.3) is 0 Å². The third kappa shape index (κ3) is 2.48. The van der Waals surface area contributed by atoms with Crippen LogP contribution in [0.3, 0.4) is 0 Å².